The van der Waals surface area contributed by atoms with Gasteiger partial charge in [0.15, 0.2) is 0 Å². The number of H-pyrrole nitrogens is 1. The molecule has 1 heterocycles. The number of nitrogens with one attached hydrogen (secondary N) is 2. The summed E-state index contributed by atoms with van der Waals surface area (Å²) in [6, 6.07) is 13.2. The number of hydrogen-bond acceptors (Lipinski definition) is 4. The van der Waals surface area contributed by atoms with Crippen LogP contribution in [0.5, 0.6) is 0 Å². The number of halogens is 1. The number of fused-ring (bicyclic) bond motifs is 2. The Hall–Kier alpha value is -2.73. The van der Waals surface area contributed by atoms with Crippen LogP contribution in [-0.2, 0) is 22.4 Å². The van der Waals surface area contributed by atoms with E-state index >= 15 is 0 Å². The molecular formula is C29H36FN3O2. The van der Waals surface area contributed by atoms with Gasteiger partial charge in [0.05, 0.1) is 17.0 Å². The molecule has 2 aromatic carbocycles. The van der Waals surface area contributed by atoms with Crippen molar-refractivity contribution in [2.75, 3.05) is 13.1 Å². The Morgan fingerprint density at radius 2 is 2.06 bits per heavy atom. The third-order valence-corrected chi connectivity index (χ3v) is 7.64. The quantitative estimate of drug-likeness (QED) is 0.291. The summed E-state index contributed by atoms with van der Waals surface area (Å²) in [6.45, 7) is 6.02. The van der Waals surface area contributed by atoms with Crippen LogP contribution in [0, 0.1) is 17.7 Å². The second-order valence-electron chi connectivity index (χ2n) is 10.6. The van der Waals surface area contributed by atoms with Crippen molar-refractivity contribution < 1.29 is 13.9 Å². The first-order chi connectivity index (χ1) is 16.9. The molecule has 1 fully saturated rings. The summed E-state index contributed by atoms with van der Waals surface area (Å²) in [6.07, 6.45) is 5.97. The van der Waals surface area contributed by atoms with Crippen molar-refractivity contribution in [1.29, 1.82) is 0 Å². The topological polar surface area (TPSA) is 67.0 Å². The third kappa shape index (κ3) is 5.27. The minimum Gasteiger partial charge on any atom is -0.458 e. The van der Waals surface area contributed by atoms with Crippen LogP contribution < -0.4 is 5.32 Å². The van der Waals surface area contributed by atoms with Gasteiger partial charge in [0.25, 0.3) is 0 Å². The molecule has 1 aromatic heterocycles. The third-order valence-electron chi connectivity index (χ3n) is 7.64. The van der Waals surface area contributed by atoms with Crippen LogP contribution in [0.2, 0.25) is 0 Å². The molecule has 2 aliphatic rings. The number of carbonyl (C=O) groups excluding carboxylic acids is 1. The van der Waals surface area contributed by atoms with Crippen molar-refractivity contribution in [2.45, 2.75) is 70.3 Å². The molecule has 186 valence electrons. The van der Waals surface area contributed by atoms with Gasteiger partial charge in [-0.1, -0.05) is 32.0 Å². The Bertz CT molecular complexity index is 1150. The van der Waals surface area contributed by atoms with Gasteiger partial charge in [-0.3, -0.25) is 4.79 Å². The number of esters is 1. The van der Waals surface area contributed by atoms with Crippen molar-refractivity contribution in [1.82, 2.24) is 15.3 Å². The SMILES string of the molecule is CC(C)[C@H]1c2ccc(F)cc2CC[C@]1(CCNCCCc1nc2ccccc2[nH]1)OC(=O)C1CC1. The number of aromatic nitrogens is 2. The highest BCUT2D eigenvalue weighted by atomic mass is 19.1. The highest BCUT2D eigenvalue weighted by Crippen LogP contribution is 2.49. The van der Waals surface area contributed by atoms with E-state index in [9.17, 15) is 9.18 Å². The average Bonchev–Trinajstić information content (AvgIpc) is 3.61. The first-order valence-corrected chi connectivity index (χ1v) is 13.1. The van der Waals surface area contributed by atoms with E-state index in [1.165, 1.54) is 0 Å². The Labute approximate surface area is 206 Å². The number of nitrogens with zero attached hydrogens (tertiary/aromatic N) is 1. The number of aromatic amines is 1. The molecule has 2 N–H and O–H groups in total. The maximum Gasteiger partial charge on any atom is 0.309 e. The number of para-hydroxylation sites is 2. The highest BCUT2D eigenvalue weighted by molar-refractivity contribution is 5.76. The van der Waals surface area contributed by atoms with Crippen molar-refractivity contribution in [2.24, 2.45) is 11.8 Å². The van der Waals surface area contributed by atoms with E-state index in [-0.39, 0.29) is 29.5 Å². The molecule has 2 atom stereocenters. The normalized spacial score (nSPS) is 21.9. The lowest BCUT2D eigenvalue weighted by Gasteiger charge is -2.46. The van der Waals surface area contributed by atoms with Crippen LogP contribution in [-0.4, -0.2) is 34.6 Å². The molecule has 6 heteroatoms. The predicted molar refractivity (Wildman–Crippen MR) is 136 cm³/mol. The van der Waals surface area contributed by atoms with Gasteiger partial charge in [0.1, 0.15) is 17.2 Å². The maximum absolute atomic E-state index is 13.9. The number of imidazole rings is 1. The maximum atomic E-state index is 13.9. The number of aryl methyl sites for hydroxylation is 2. The first-order valence-electron chi connectivity index (χ1n) is 13.1. The lowest BCUT2D eigenvalue weighted by molar-refractivity contribution is -0.168. The van der Waals surface area contributed by atoms with E-state index in [4.69, 9.17) is 4.74 Å². The lowest BCUT2D eigenvalue weighted by Crippen LogP contribution is -2.48. The van der Waals surface area contributed by atoms with E-state index < -0.39 is 5.60 Å². The van der Waals surface area contributed by atoms with Crippen molar-refractivity contribution >= 4 is 17.0 Å². The number of ether oxygens (including phenoxy) is 1. The van der Waals surface area contributed by atoms with Gasteiger partial charge in [0, 0.05) is 18.8 Å². The van der Waals surface area contributed by atoms with Gasteiger partial charge in [0.2, 0.25) is 0 Å². The molecule has 0 aliphatic heterocycles. The smallest absolute Gasteiger partial charge is 0.309 e. The molecular weight excluding hydrogens is 441 g/mol. The van der Waals surface area contributed by atoms with Crippen molar-refractivity contribution in [3.8, 4) is 0 Å². The van der Waals surface area contributed by atoms with Crippen molar-refractivity contribution in [3.05, 3.63) is 65.2 Å². The van der Waals surface area contributed by atoms with Gasteiger partial charge in [-0.15, -0.1) is 0 Å². The number of benzene rings is 2. The molecule has 3 aromatic rings. The zero-order valence-electron chi connectivity index (χ0n) is 20.8. The Morgan fingerprint density at radius 3 is 2.83 bits per heavy atom. The molecule has 5 rings (SSSR count). The van der Waals surface area contributed by atoms with Gasteiger partial charge in [-0.05, 0) is 86.5 Å². The monoisotopic (exact) mass is 477 g/mol. The fourth-order valence-corrected chi connectivity index (χ4v) is 5.82. The molecule has 0 spiro atoms. The predicted octanol–water partition coefficient (Wildman–Crippen LogP) is 5.69. The van der Waals surface area contributed by atoms with E-state index in [0.29, 0.717) is 0 Å². The minimum atomic E-state index is -0.551. The number of rotatable bonds is 10. The highest BCUT2D eigenvalue weighted by Gasteiger charge is 2.49. The van der Waals surface area contributed by atoms with Crippen LogP contribution in [0.15, 0.2) is 42.5 Å². The Morgan fingerprint density at radius 1 is 1.23 bits per heavy atom. The van der Waals surface area contributed by atoms with Crippen LogP contribution in [0.1, 0.15) is 68.8 Å². The second-order valence-corrected chi connectivity index (χ2v) is 10.6. The van der Waals surface area contributed by atoms with Crippen LogP contribution in [0.25, 0.3) is 11.0 Å². The van der Waals surface area contributed by atoms with Crippen molar-refractivity contribution in [3.63, 3.8) is 0 Å². The summed E-state index contributed by atoms with van der Waals surface area (Å²) >= 11 is 0. The Kier molecular flexibility index (Phi) is 6.92. The minimum absolute atomic E-state index is 0.0499. The summed E-state index contributed by atoms with van der Waals surface area (Å²) in [4.78, 5) is 20.9. The van der Waals surface area contributed by atoms with Crippen LogP contribution in [0.3, 0.4) is 0 Å². The molecule has 0 saturated heterocycles. The zero-order valence-corrected chi connectivity index (χ0v) is 20.8. The van der Waals surface area contributed by atoms with Crippen LogP contribution >= 0.6 is 0 Å². The fourth-order valence-electron chi connectivity index (χ4n) is 5.82. The number of carbonyl (C=O) groups is 1. The number of hydrogen-bond donors (Lipinski definition) is 2. The molecule has 0 amide bonds. The van der Waals surface area contributed by atoms with Crippen LogP contribution in [0.4, 0.5) is 4.39 Å². The Balaban J connectivity index is 1.23. The summed E-state index contributed by atoms with van der Waals surface area (Å²) in [5.41, 5.74) is 3.73. The average molecular weight is 478 g/mol. The second kappa shape index (κ2) is 10.1. The van der Waals surface area contributed by atoms with E-state index in [1.54, 1.807) is 12.1 Å². The molecule has 1 saturated carbocycles. The summed E-state index contributed by atoms with van der Waals surface area (Å²) in [5, 5.41) is 3.58. The van der Waals surface area contributed by atoms with Gasteiger partial charge >= 0.3 is 5.97 Å². The fraction of sp³-hybridized carbons (Fsp3) is 0.517. The zero-order chi connectivity index (χ0) is 24.4. The van der Waals surface area contributed by atoms with Gasteiger partial charge < -0.3 is 15.0 Å². The molecule has 35 heavy (non-hydrogen) atoms. The first kappa shape index (κ1) is 24.0. The van der Waals surface area contributed by atoms with E-state index in [0.717, 1.165) is 86.0 Å². The van der Waals surface area contributed by atoms with E-state index in [2.05, 4.69) is 29.1 Å². The molecule has 0 unspecified atom stereocenters. The van der Waals surface area contributed by atoms with E-state index in [1.807, 2.05) is 30.3 Å². The lowest BCUT2D eigenvalue weighted by atomic mass is 9.65. The largest absolute Gasteiger partial charge is 0.458 e. The molecule has 0 bridgehead atoms. The molecule has 2 aliphatic carbocycles. The van der Waals surface area contributed by atoms with Gasteiger partial charge in [-0.2, -0.15) is 0 Å². The molecule has 0 radical (unpaired) electrons. The summed E-state index contributed by atoms with van der Waals surface area (Å²) in [7, 11) is 0. The summed E-state index contributed by atoms with van der Waals surface area (Å²) < 4.78 is 20.3. The van der Waals surface area contributed by atoms with Gasteiger partial charge in [-0.25, -0.2) is 9.37 Å². The summed E-state index contributed by atoms with van der Waals surface area (Å²) in [5.74, 6) is 1.17. The standard InChI is InChI=1S/C29H36FN3O2/c1-19(2)27-23-12-11-22(30)18-21(23)13-14-29(27,35-28(34)20-9-10-20)15-17-31-16-5-8-26-32-24-6-3-4-7-25(24)33-26/h3-4,6-7,11-12,18-20,27,31H,5,8-10,13-17H2,1-2H3,(H,32,33)/t27-,29+/m0/s1. The molecule has 5 nitrogen and oxygen atoms in total.